The van der Waals surface area contributed by atoms with Gasteiger partial charge in [-0.05, 0) is 20.3 Å². The first-order chi connectivity index (χ1) is 11.8. The SMILES string of the molecule is CCCC(C)N1CC2(CCN(C(=O)c3oc(C)nc3C)CC2)OC1=O. The van der Waals surface area contributed by atoms with Crippen LogP contribution in [0.4, 0.5) is 4.79 Å². The average molecular weight is 349 g/mol. The van der Waals surface area contributed by atoms with Crippen LogP contribution in [0.1, 0.15) is 61.7 Å². The van der Waals surface area contributed by atoms with Gasteiger partial charge in [-0.1, -0.05) is 13.3 Å². The molecule has 1 unspecified atom stereocenters. The lowest BCUT2D eigenvalue weighted by Gasteiger charge is -2.37. The topological polar surface area (TPSA) is 75.9 Å². The predicted octanol–water partition coefficient (Wildman–Crippen LogP) is 2.91. The highest BCUT2D eigenvalue weighted by atomic mass is 16.6. The zero-order valence-electron chi connectivity index (χ0n) is 15.5. The van der Waals surface area contributed by atoms with Crippen LogP contribution in [0.5, 0.6) is 0 Å². The minimum Gasteiger partial charge on any atom is -0.441 e. The number of carbonyl (C=O) groups is 2. The third-order valence-electron chi connectivity index (χ3n) is 5.29. The van der Waals surface area contributed by atoms with Gasteiger partial charge < -0.3 is 19.0 Å². The van der Waals surface area contributed by atoms with Crippen LogP contribution in [0.3, 0.4) is 0 Å². The third kappa shape index (κ3) is 3.37. The molecule has 0 aromatic carbocycles. The van der Waals surface area contributed by atoms with Crippen molar-refractivity contribution in [1.82, 2.24) is 14.8 Å². The molecule has 2 aliphatic rings. The van der Waals surface area contributed by atoms with Crippen molar-refractivity contribution < 1.29 is 18.7 Å². The quantitative estimate of drug-likeness (QED) is 0.835. The lowest BCUT2D eigenvalue weighted by atomic mass is 9.90. The van der Waals surface area contributed by atoms with Crippen LogP contribution in [0.2, 0.25) is 0 Å². The first-order valence-corrected chi connectivity index (χ1v) is 9.08. The fourth-order valence-corrected chi connectivity index (χ4v) is 3.81. The van der Waals surface area contributed by atoms with Crippen molar-refractivity contribution in [2.24, 2.45) is 0 Å². The van der Waals surface area contributed by atoms with Crippen LogP contribution in [-0.2, 0) is 4.74 Å². The van der Waals surface area contributed by atoms with Crippen molar-refractivity contribution in [3.8, 4) is 0 Å². The molecule has 7 nitrogen and oxygen atoms in total. The standard InChI is InChI=1S/C18H27N3O4/c1-5-6-12(2)21-11-18(25-17(21)23)7-9-20(10-8-18)16(22)15-13(3)19-14(4)24-15/h12H,5-11H2,1-4H3. The molecule has 2 amide bonds. The first kappa shape index (κ1) is 17.8. The number of nitrogens with zero attached hydrogens (tertiary/aromatic N) is 3. The van der Waals surface area contributed by atoms with Gasteiger partial charge in [0.2, 0.25) is 5.76 Å². The molecule has 2 aliphatic heterocycles. The Morgan fingerprint density at radius 2 is 2.00 bits per heavy atom. The molecule has 1 aromatic rings. The summed E-state index contributed by atoms with van der Waals surface area (Å²) in [6, 6.07) is 0.191. The molecule has 3 heterocycles. The lowest BCUT2D eigenvalue weighted by molar-refractivity contribution is 0.00214. The first-order valence-electron chi connectivity index (χ1n) is 9.08. The molecule has 138 valence electrons. The van der Waals surface area contributed by atoms with E-state index < -0.39 is 5.60 Å². The molecule has 25 heavy (non-hydrogen) atoms. The van der Waals surface area contributed by atoms with Gasteiger partial charge in [0.15, 0.2) is 5.89 Å². The van der Waals surface area contributed by atoms with Gasteiger partial charge in [0.25, 0.3) is 5.91 Å². The fourth-order valence-electron chi connectivity index (χ4n) is 3.81. The molecule has 1 atom stereocenters. The molecule has 0 saturated carbocycles. The fraction of sp³-hybridized carbons (Fsp3) is 0.722. The van der Waals surface area contributed by atoms with Crippen molar-refractivity contribution in [1.29, 1.82) is 0 Å². The van der Waals surface area contributed by atoms with Crippen molar-refractivity contribution in [3.05, 3.63) is 17.3 Å². The second kappa shape index (κ2) is 6.69. The highest BCUT2D eigenvalue weighted by molar-refractivity contribution is 5.92. The molecule has 1 aromatic heterocycles. The Hall–Kier alpha value is -2.05. The van der Waals surface area contributed by atoms with E-state index in [4.69, 9.17) is 9.15 Å². The molecule has 3 rings (SSSR count). The summed E-state index contributed by atoms with van der Waals surface area (Å²) < 4.78 is 11.2. The van der Waals surface area contributed by atoms with Crippen LogP contribution < -0.4 is 0 Å². The van der Waals surface area contributed by atoms with Crippen molar-refractivity contribution in [2.45, 2.75) is 65.0 Å². The summed E-state index contributed by atoms with van der Waals surface area (Å²) in [5.74, 6) is 0.683. The molecule has 2 fully saturated rings. The molecule has 2 saturated heterocycles. The molecule has 0 N–H and O–H groups in total. The van der Waals surface area contributed by atoms with Crippen LogP contribution >= 0.6 is 0 Å². The van der Waals surface area contributed by atoms with Gasteiger partial charge in [-0.25, -0.2) is 9.78 Å². The minimum atomic E-state index is -0.456. The molecule has 7 heteroatoms. The largest absolute Gasteiger partial charge is 0.441 e. The summed E-state index contributed by atoms with van der Waals surface area (Å²) in [6.07, 6.45) is 3.11. The summed E-state index contributed by atoms with van der Waals surface area (Å²) in [5.41, 5.74) is 0.164. The van der Waals surface area contributed by atoms with E-state index in [1.165, 1.54) is 0 Å². The Balaban J connectivity index is 1.63. The third-order valence-corrected chi connectivity index (χ3v) is 5.29. The van der Waals surface area contributed by atoms with Crippen molar-refractivity contribution in [2.75, 3.05) is 19.6 Å². The summed E-state index contributed by atoms with van der Waals surface area (Å²) in [7, 11) is 0. The van der Waals surface area contributed by atoms with E-state index in [9.17, 15) is 9.59 Å². The van der Waals surface area contributed by atoms with E-state index in [2.05, 4.69) is 18.8 Å². The molecule has 0 aliphatic carbocycles. The van der Waals surface area contributed by atoms with E-state index in [0.29, 0.717) is 49.8 Å². The van der Waals surface area contributed by atoms with Gasteiger partial charge in [0, 0.05) is 38.9 Å². The van der Waals surface area contributed by atoms with Crippen LogP contribution in [0, 0.1) is 13.8 Å². The summed E-state index contributed by atoms with van der Waals surface area (Å²) in [5, 5.41) is 0. The van der Waals surface area contributed by atoms with Gasteiger partial charge in [-0.2, -0.15) is 0 Å². The Kier molecular flexibility index (Phi) is 4.75. The minimum absolute atomic E-state index is 0.131. The van der Waals surface area contributed by atoms with E-state index in [0.717, 1.165) is 12.8 Å². The maximum absolute atomic E-state index is 12.6. The number of amides is 2. The second-order valence-corrected chi connectivity index (χ2v) is 7.26. The van der Waals surface area contributed by atoms with Gasteiger partial charge in [0.1, 0.15) is 5.60 Å². The van der Waals surface area contributed by atoms with Gasteiger partial charge in [0.05, 0.1) is 12.2 Å². The highest BCUT2D eigenvalue weighted by Crippen LogP contribution is 2.35. The summed E-state index contributed by atoms with van der Waals surface area (Å²) in [6.45, 7) is 9.43. The number of carbonyl (C=O) groups excluding carboxylic acids is 2. The maximum Gasteiger partial charge on any atom is 0.410 e. The Morgan fingerprint density at radius 3 is 2.56 bits per heavy atom. The Bertz CT molecular complexity index is 661. The Morgan fingerprint density at radius 1 is 1.32 bits per heavy atom. The number of oxazole rings is 1. The number of hydrogen-bond donors (Lipinski definition) is 0. The van der Waals surface area contributed by atoms with E-state index in [1.807, 2.05) is 4.90 Å². The molecule has 1 spiro atoms. The second-order valence-electron chi connectivity index (χ2n) is 7.26. The number of aromatic nitrogens is 1. The normalized spacial score (nSPS) is 20.9. The molecule has 0 bridgehead atoms. The highest BCUT2D eigenvalue weighted by Gasteiger charge is 2.48. The van der Waals surface area contributed by atoms with Gasteiger partial charge in [-0.15, -0.1) is 0 Å². The smallest absolute Gasteiger partial charge is 0.410 e. The van der Waals surface area contributed by atoms with Crippen LogP contribution in [-0.4, -0.2) is 58.1 Å². The molecule has 0 radical (unpaired) electrons. The number of aryl methyl sites for hydroxylation is 2. The molecular weight excluding hydrogens is 322 g/mol. The Labute approximate surface area is 148 Å². The number of likely N-dealkylation sites (tertiary alicyclic amines) is 1. The number of piperidine rings is 1. The lowest BCUT2D eigenvalue weighted by Crippen LogP contribution is -2.49. The van der Waals surface area contributed by atoms with E-state index >= 15 is 0 Å². The van der Waals surface area contributed by atoms with Crippen molar-refractivity contribution >= 4 is 12.0 Å². The summed E-state index contributed by atoms with van der Waals surface area (Å²) >= 11 is 0. The van der Waals surface area contributed by atoms with Crippen molar-refractivity contribution in [3.63, 3.8) is 0 Å². The van der Waals surface area contributed by atoms with E-state index in [1.54, 1.807) is 18.7 Å². The van der Waals surface area contributed by atoms with Crippen LogP contribution in [0.25, 0.3) is 0 Å². The van der Waals surface area contributed by atoms with E-state index in [-0.39, 0.29) is 18.0 Å². The van der Waals surface area contributed by atoms with Gasteiger partial charge in [-0.3, -0.25) is 4.79 Å². The number of ether oxygens (including phenoxy) is 1. The molecular formula is C18H27N3O4. The maximum atomic E-state index is 12.6. The average Bonchev–Trinajstić information content (AvgIpc) is 3.07. The summed E-state index contributed by atoms with van der Waals surface area (Å²) in [4.78, 5) is 32.7. The monoisotopic (exact) mass is 349 g/mol. The van der Waals surface area contributed by atoms with Crippen LogP contribution in [0.15, 0.2) is 4.42 Å². The zero-order valence-corrected chi connectivity index (χ0v) is 15.5. The zero-order chi connectivity index (χ0) is 18.2. The number of rotatable bonds is 4. The van der Waals surface area contributed by atoms with Gasteiger partial charge >= 0.3 is 6.09 Å². The predicted molar refractivity (Wildman–Crippen MR) is 91.4 cm³/mol. The number of hydrogen-bond acceptors (Lipinski definition) is 5.